The Balaban J connectivity index is 1.56. The van der Waals surface area contributed by atoms with Crippen LogP contribution in [0.4, 0.5) is 0 Å². The normalized spacial score (nSPS) is 54.2. The molecule has 0 spiro atoms. The fraction of sp³-hybridized carbons (Fsp3) is 1.00. The summed E-state index contributed by atoms with van der Waals surface area (Å²) in [5.41, 5.74) is 1.36. The van der Waals surface area contributed by atoms with Gasteiger partial charge in [-0.05, 0) is 112 Å². The van der Waals surface area contributed by atoms with Gasteiger partial charge in [-0.3, -0.25) is 0 Å². The van der Waals surface area contributed by atoms with Crippen LogP contribution < -0.4 is 0 Å². The molecule has 0 aromatic carbocycles. The molecule has 0 aromatic rings. The molecule has 4 saturated carbocycles. The summed E-state index contributed by atoms with van der Waals surface area (Å²) in [7, 11) is 4.60. The van der Waals surface area contributed by atoms with Gasteiger partial charge in [0.15, 0.2) is 0 Å². The van der Waals surface area contributed by atoms with Gasteiger partial charge in [-0.2, -0.15) is 0 Å². The van der Waals surface area contributed by atoms with Gasteiger partial charge in [0.2, 0.25) is 0 Å². The largest absolute Gasteiger partial charge is 0.306 e. The van der Waals surface area contributed by atoms with E-state index < -0.39 is 0 Å². The molecule has 8 unspecified atom stereocenters. The third kappa shape index (κ3) is 2.36. The Kier molecular flexibility index (Phi) is 4.34. The fourth-order valence-corrected chi connectivity index (χ4v) is 8.48. The Morgan fingerprint density at radius 3 is 2.25 bits per heavy atom. The summed E-state index contributed by atoms with van der Waals surface area (Å²) < 4.78 is 0. The molecule has 0 saturated heterocycles. The van der Waals surface area contributed by atoms with Gasteiger partial charge in [0.1, 0.15) is 0 Å². The summed E-state index contributed by atoms with van der Waals surface area (Å²) in [6.45, 7) is 7.85. The Labute approximate surface area is 151 Å². The first-order chi connectivity index (χ1) is 11.4. The van der Waals surface area contributed by atoms with Crippen molar-refractivity contribution in [2.75, 3.05) is 14.1 Å². The molecule has 24 heavy (non-hydrogen) atoms. The minimum Gasteiger partial charge on any atom is -0.306 e. The molecule has 1 nitrogen and oxygen atoms in total. The molecule has 0 bridgehead atoms. The van der Waals surface area contributed by atoms with Crippen LogP contribution in [0.2, 0.25) is 0 Å². The van der Waals surface area contributed by atoms with Gasteiger partial charge >= 0.3 is 0 Å². The molecule has 0 radical (unpaired) electrons. The molecule has 4 aliphatic rings. The molecule has 8 atom stereocenters. The topological polar surface area (TPSA) is 3.24 Å². The van der Waals surface area contributed by atoms with Crippen molar-refractivity contribution in [1.82, 2.24) is 4.90 Å². The number of hydrogen-bond donors (Lipinski definition) is 0. The van der Waals surface area contributed by atoms with Crippen LogP contribution in [0.1, 0.15) is 85.0 Å². The second-order valence-electron chi connectivity index (χ2n) is 10.8. The molecule has 1 heteroatoms. The van der Waals surface area contributed by atoms with Crippen molar-refractivity contribution < 1.29 is 0 Å². The van der Waals surface area contributed by atoms with E-state index in [0.717, 1.165) is 35.6 Å². The van der Waals surface area contributed by atoms with Crippen molar-refractivity contribution in [3.05, 3.63) is 0 Å². The maximum Gasteiger partial charge on any atom is 0.00922 e. The van der Waals surface area contributed by atoms with E-state index in [1.54, 1.807) is 19.3 Å². The lowest BCUT2D eigenvalue weighted by Crippen LogP contribution is -2.54. The molecular formula is C23H41N. The van der Waals surface area contributed by atoms with E-state index >= 15 is 0 Å². The van der Waals surface area contributed by atoms with Crippen LogP contribution in [0.15, 0.2) is 0 Å². The molecule has 0 N–H and O–H groups in total. The lowest BCUT2D eigenvalue weighted by molar-refractivity contribution is -0.119. The number of nitrogens with zero attached hydrogens (tertiary/aromatic N) is 1. The third-order valence-electron chi connectivity index (χ3n) is 10.1. The molecule has 4 rings (SSSR count). The van der Waals surface area contributed by atoms with Gasteiger partial charge in [0, 0.05) is 6.04 Å². The third-order valence-corrected chi connectivity index (χ3v) is 10.1. The molecule has 0 aliphatic heterocycles. The summed E-state index contributed by atoms with van der Waals surface area (Å²) in [5, 5.41) is 0. The van der Waals surface area contributed by atoms with Gasteiger partial charge in [0.25, 0.3) is 0 Å². The van der Waals surface area contributed by atoms with Crippen molar-refractivity contribution in [2.45, 2.75) is 91.0 Å². The first-order valence-electron chi connectivity index (χ1n) is 11.1. The summed E-state index contributed by atoms with van der Waals surface area (Å²) in [4.78, 5) is 2.51. The van der Waals surface area contributed by atoms with Crippen molar-refractivity contribution in [3.63, 3.8) is 0 Å². The quantitative estimate of drug-likeness (QED) is 0.601. The van der Waals surface area contributed by atoms with Crippen molar-refractivity contribution in [3.8, 4) is 0 Å². The molecule has 4 fully saturated rings. The monoisotopic (exact) mass is 331 g/mol. The zero-order valence-electron chi connectivity index (χ0n) is 17.0. The highest BCUT2D eigenvalue weighted by molar-refractivity contribution is 5.09. The van der Waals surface area contributed by atoms with Crippen molar-refractivity contribution in [1.29, 1.82) is 0 Å². The maximum absolute atomic E-state index is 2.72. The first-order valence-corrected chi connectivity index (χ1v) is 11.1. The first kappa shape index (κ1) is 17.4. The van der Waals surface area contributed by atoms with Gasteiger partial charge in [-0.25, -0.2) is 0 Å². The summed E-state index contributed by atoms with van der Waals surface area (Å²) in [6, 6.07) is 0.851. The molecule has 0 heterocycles. The lowest BCUT2D eigenvalue weighted by atomic mass is 9.44. The van der Waals surface area contributed by atoms with Crippen LogP contribution in [-0.4, -0.2) is 25.0 Å². The van der Waals surface area contributed by atoms with Crippen LogP contribution in [-0.2, 0) is 0 Å². The van der Waals surface area contributed by atoms with Gasteiger partial charge in [0.05, 0.1) is 0 Å². The standard InChI is InChI=1S/C23H41N/c1-6-16-8-10-20-19-9-7-17-15-18(24(4)5)11-13-23(17,3)21(19)12-14-22(16,20)2/h16-21H,6-15H2,1-5H3. The van der Waals surface area contributed by atoms with E-state index in [1.165, 1.54) is 44.9 Å². The predicted octanol–water partition coefficient (Wildman–Crippen LogP) is 5.99. The lowest BCUT2D eigenvalue weighted by Gasteiger charge is -2.61. The van der Waals surface area contributed by atoms with Crippen molar-refractivity contribution in [2.24, 2.45) is 40.4 Å². The minimum absolute atomic E-state index is 0.668. The highest BCUT2D eigenvalue weighted by atomic mass is 15.1. The SMILES string of the molecule is CCC1CCC2C3CCC4CC(N(C)C)CCC4(C)C3CCC12C. The van der Waals surface area contributed by atoms with Crippen LogP contribution in [0.25, 0.3) is 0 Å². The summed E-state index contributed by atoms with van der Waals surface area (Å²) in [5.74, 6) is 5.21. The van der Waals surface area contributed by atoms with Gasteiger partial charge in [-0.15, -0.1) is 0 Å². The van der Waals surface area contributed by atoms with Gasteiger partial charge in [-0.1, -0.05) is 27.2 Å². The van der Waals surface area contributed by atoms with E-state index in [1.807, 2.05) is 0 Å². The predicted molar refractivity (Wildman–Crippen MR) is 103 cm³/mol. The highest BCUT2D eigenvalue weighted by Gasteiger charge is 2.59. The summed E-state index contributed by atoms with van der Waals surface area (Å²) in [6.07, 6.45) is 15.1. The number of rotatable bonds is 2. The number of hydrogen-bond acceptors (Lipinski definition) is 1. The smallest absolute Gasteiger partial charge is 0.00922 e. The van der Waals surface area contributed by atoms with E-state index in [0.29, 0.717) is 10.8 Å². The average molecular weight is 332 g/mol. The minimum atomic E-state index is 0.668. The summed E-state index contributed by atoms with van der Waals surface area (Å²) >= 11 is 0. The Hall–Kier alpha value is -0.0400. The zero-order valence-corrected chi connectivity index (χ0v) is 17.0. The number of fused-ring (bicyclic) bond motifs is 5. The second kappa shape index (κ2) is 6.00. The molecule has 0 amide bonds. The maximum atomic E-state index is 2.72. The van der Waals surface area contributed by atoms with Crippen LogP contribution in [0, 0.1) is 40.4 Å². The second-order valence-corrected chi connectivity index (χ2v) is 10.8. The van der Waals surface area contributed by atoms with Crippen LogP contribution >= 0.6 is 0 Å². The average Bonchev–Trinajstić information content (AvgIpc) is 2.90. The Morgan fingerprint density at radius 2 is 1.54 bits per heavy atom. The molecule has 4 aliphatic carbocycles. The van der Waals surface area contributed by atoms with Crippen molar-refractivity contribution >= 4 is 0 Å². The van der Waals surface area contributed by atoms with Crippen LogP contribution in [0.5, 0.6) is 0 Å². The Bertz CT molecular complexity index is 471. The molecular weight excluding hydrogens is 290 g/mol. The fourth-order valence-electron chi connectivity index (χ4n) is 8.48. The zero-order chi connectivity index (χ0) is 17.1. The van der Waals surface area contributed by atoms with E-state index in [2.05, 4.69) is 39.8 Å². The van der Waals surface area contributed by atoms with E-state index in [9.17, 15) is 0 Å². The molecule has 138 valence electrons. The van der Waals surface area contributed by atoms with Crippen LogP contribution in [0.3, 0.4) is 0 Å². The highest BCUT2D eigenvalue weighted by Crippen LogP contribution is 2.67. The van der Waals surface area contributed by atoms with E-state index in [4.69, 9.17) is 0 Å². The molecule has 0 aromatic heterocycles. The van der Waals surface area contributed by atoms with Gasteiger partial charge < -0.3 is 4.90 Å². The Morgan fingerprint density at radius 1 is 0.833 bits per heavy atom. The van der Waals surface area contributed by atoms with E-state index in [-0.39, 0.29) is 0 Å².